The zero-order chi connectivity index (χ0) is 16.7. The molecule has 22 heavy (non-hydrogen) atoms. The predicted octanol–water partition coefficient (Wildman–Crippen LogP) is 2.30. The lowest BCUT2D eigenvalue weighted by Crippen LogP contribution is -2.47. The number of hydrogen-bond acceptors (Lipinski definition) is 4. The zero-order valence-corrected chi connectivity index (χ0v) is 13.3. The highest BCUT2D eigenvalue weighted by Gasteiger charge is 2.25. The van der Waals surface area contributed by atoms with E-state index in [0.29, 0.717) is 12.2 Å². The summed E-state index contributed by atoms with van der Waals surface area (Å²) in [6.45, 7) is 5.45. The van der Waals surface area contributed by atoms with Crippen LogP contribution in [0.1, 0.15) is 27.2 Å². The third-order valence-corrected chi connectivity index (χ3v) is 3.01. The van der Waals surface area contributed by atoms with Crippen molar-refractivity contribution in [2.45, 2.75) is 39.3 Å². The van der Waals surface area contributed by atoms with E-state index in [1.54, 1.807) is 6.92 Å². The van der Waals surface area contributed by atoms with E-state index in [-0.39, 0.29) is 11.7 Å². The fourth-order valence-corrected chi connectivity index (χ4v) is 1.89. The maximum atomic E-state index is 12.8. The van der Waals surface area contributed by atoms with Crippen molar-refractivity contribution in [3.8, 4) is 5.75 Å². The fourth-order valence-electron chi connectivity index (χ4n) is 1.89. The van der Waals surface area contributed by atoms with Crippen LogP contribution in [0.15, 0.2) is 24.3 Å². The van der Waals surface area contributed by atoms with Crippen LogP contribution in [0, 0.1) is 11.7 Å². The standard InChI is InChI=1S/C16H22FNO4/c1-10(2)9-14(16(20)21-4)18-15(19)11(3)22-13-7-5-12(17)6-8-13/h5-8,10-11,14H,9H2,1-4H3,(H,18,19)/t11-,14-/m1/s1. The fraction of sp³-hybridized carbons (Fsp3) is 0.500. The smallest absolute Gasteiger partial charge is 0.328 e. The second kappa shape index (κ2) is 8.36. The molecule has 122 valence electrons. The number of carbonyl (C=O) groups is 2. The van der Waals surface area contributed by atoms with Gasteiger partial charge < -0.3 is 14.8 Å². The molecule has 0 spiro atoms. The Bertz CT molecular complexity index is 501. The van der Waals surface area contributed by atoms with Gasteiger partial charge in [0.1, 0.15) is 17.6 Å². The maximum Gasteiger partial charge on any atom is 0.328 e. The summed E-state index contributed by atoms with van der Waals surface area (Å²) in [5, 5.41) is 2.62. The minimum atomic E-state index is -0.815. The predicted molar refractivity (Wildman–Crippen MR) is 79.9 cm³/mol. The van der Waals surface area contributed by atoms with E-state index in [1.807, 2.05) is 13.8 Å². The van der Waals surface area contributed by atoms with Gasteiger partial charge in [0.05, 0.1) is 7.11 Å². The molecule has 0 aromatic heterocycles. The van der Waals surface area contributed by atoms with Gasteiger partial charge in [0.15, 0.2) is 6.10 Å². The van der Waals surface area contributed by atoms with Gasteiger partial charge in [-0.1, -0.05) is 13.8 Å². The lowest BCUT2D eigenvalue weighted by Gasteiger charge is -2.21. The summed E-state index contributed by atoms with van der Waals surface area (Å²) in [4.78, 5) is 23.8. The van der Waals surface area contributed by atoms with Crippen LogP contribution in [0.3, 0.4) is 0 Å². The van der Waals surface area contributed by atoms with Crippen LogP contribution in [-0.2, 0) is 14.3 Å². The summed E-state index contributed by atoms with van der Waals surface area (Å²) in [6.07, 6.45) is -0.341. The van der Waals surface area contributed by atoms with Crippen LogP contribution in [0.2, 0.25) is 0 Å². The number of rotatable bonds is 7. The summed E-state index contributed by atoms with van der Waals surface area (Å²) < 4.78 is 22.9. The summed E-state index contributed by atoms with van der Waals surface area (Å²) in [5.74, 6) is -0.705. The highest BCUT2D eigenvalue weighted by molar-refractivity contribution is 5.86. The topological polar surface area (TPSA) is 64.6 Å². The molecule has 2 atom stereocenters. The molecule has 0 saturated heterocycles. The van der Waals surface area contributed by atoms with Crippen molar-refractivity contribution in [3.05, 3.63) is 30.1 Å². The Morgan fingerprint density at radius 2 is 1.77 bits per heavy atom. The SMILES string of the molecule is COC(=O)[C@@H](CC(C)C)NC(=O)[C@@H](C)Oc1ccc(F)cc1. The van der Waals surface area contributed by atoms with E-state index < -0.39 is 24.0 Å². The Labute approximate surface area is 129 Å². The van der Waals surface area contributed by atoms with Gasteiger partial charge in [-0.05, 0) is 43.5 Å². The van der Waals surface area contributed by atoms with Crippen LogP contribution >= 0.6 is 0 Å². The molecule has 0 bridgehead atoms. The molecule has 0 heterocycles. The first kappa shape index (κ1) is 17.9. The summed E-state index contributed by atoms with van der Waals surface area (Å²) in [5.41, 5.74) is 0. The minimum Gasteiger partial charge on any atom is -0.481 e. The number of hydrogen-bond donors (Lipinski definition) is 1. The van der Waals surface area contributed by atoms with Gasteiger partial charge >= 0.3 is 5.97 Å². The molecule has 6 heteroatoms. The molecule has 1 rings (SSSR count). The number of amides is 1. The van der Waals surface area contributed by atoms with Crippen molar-refractivity contribution in [2.75, 3.05) is 7.11 Å². The first-order chi connectivity index (χ1) is 10.3. The monoisotopic (exact) mass is 311 g/mol. The zero-order valence-electron chi connectivity index (χ0n) is 13.3. The van der Waals surface area contributed by atoms with Crippen molar-refractivity contribution < 1.29 is 23.5 Å². The van der Waals surface area contributed by atoms with Crippen LogP contribution in [0.4, 0.5) is 4.39 Å². The van der Waals surface area contributed by atoms with Crippen molar-refractivity contribution in [1.82, 2.24) is 5.32 Å². The lowest BCUT2D eigenvalue weighted by molar-refractivity contribution is -0.146. The average molecular weight is 311 g/mol. The van der Waals surface area contributed by atoms with E-state index in [1.165, 1.54) is 31.4 Å². The molecule has 0 radical (unpaired) electrons. The highest BCUT2D eigenvalue weighted by Crippen LogP contribution is 2.13. The third-order valence-electron chi connectivity index (χ3n) is 3.01. The van der Waals surface area contributed by atoms with E-state index in [4.69, 9.17) is 4.74 Å². The molecule has 1 N–H and O–H groups in total. The second-order valence-electron chi connectivity index (χ2n) is 5.43. The minimum absolute atomic E-state index is 0.220. The number of carbonyl (C=O) groups excluding carboxylic acids is 2. The highest BCUT2D eigenvalue weighted by atomic mass is 19.1. The van der Waals surface area contributed by atoms with Crippen LogP contribution in [0.5, 0.6) is 5.75 Å². The van der Waals surface area contributed by atoms with Gasteiger partial charge in [-0.25, -0.2) is 9.18 Å². The van der Waals surface area contributed by atoms with Crippen molar-refractivity contribution >= 4 is 11.9 Å². The Morgan fingerprint density at radius 3 is 2.27 bits per heavy atom. The normalized spacial score (nSPS) is 13.4. The molecule has 0 saturated carbocycles. The molecule has 0 aliphatic rings. The van der Waals surface area contributed by atoms with Gasteiger partial charge in [-0.15, -0.1) is 0 Å². The largest absolute Gasteiger partial charge is 0.481 e. The molecular formula is C16H22FNO4. The number of nitrogens with one attached hydrogen (secondary N) is 1. The molecule has 1 amide bonds. The number of esters is 1. The van der Waals surface area contributed by atoms with Crippen molar-refractivity contribution in [2.24, 2.45) is 5.92 Å². The Hall–Kier alpha value is -2.11. The van der Waals surface area contributed by atoms with E-state index in [0.717, 1.165) is 0 Å². The first-order valence-corrected chi connectivity index (χ1v) is 7.14. The van der Waals surface area contributed by atoms with Gasteiger partial charge in [-0.2, -0.15) is 0 Å². The van der Waals surface area contributed by atoms with Crippen LogP contribution in [0.25, 0.3) is 0 Å². The summed E-state index contributed by atoms with van der Waals surface area (Å²) >= 11 is 0. The number of methoxy groups -OCH3 is 1. The quantitative estimate of drug-likeness (QED) is 0.785. The summed E-state index contributed by atoms with van der Waals surface area (Å²) in [7, 11) is 1.28. The second-order valence-corrected chi connectivity index (χ2v) is 5.43. The molecule has 1 aromatic carbocycles. The van der Waals surface area contributed by atoms with Crippen molar-refractivity contribution in [1.29, 1.82) is 0 Å². The maximum absolute atomic E-state index is 12.8. The molecule has 0 aliphatic heterocycles. The molecule has 0 aliphatic carbocycles. The number of benzene rings is 1. The Balaban J connectivity index is 2.64. The Kier molecular flexibility index (Phi) is 6.82. The molecule has 1 aromatic rings. The van der Waals surface area contributed by atoms with Crippen LogP contribution < -0.4 is 10.1 Å². The van der Waals surface area contributed by atoms with Gasteiger partial charge in [0, 0.05) is 0 Å². The number of ether oxygens (including phenoxy) is 2. The lowest BCUT2D eigenvalue weighted by atomic mass is 10.0. The van der Waals surface area contributed by atoms with Gasteiger partial charge in [0.25, 0.3) is 5.91 Å². The first-order valence-electron chi connectivity index (χ1n) is 7.14. The third kappa shape index (κ3) is 5.71. The molecule has 0 fully saturated rings. The Morgan fingerprint density at radius 1 is 1.18 bits per heavy atom. The molecule has 5 nitrogen and oxygen atoms in total. The average Bonchev–Trinajstić information content (AvgIpc) is 2.47. The summed E-state index contributed by atoms with van der Waals surface area (Å²) in [6, 6.07) is 4.65. The van der Waals surface area contributed by atoms with Gasteiger partial charge in [-0.3, -0.25) is 4.79 Å². The van der Waals surface area contributed by atoms with Gasteiger partial charge in [0.2, 0.25) is 0 Å². The van der Waals surface area contributed by atoms with E-state index >= 15 is 0 Å². The van der Waals surface area contributed by atoms with E-state index in [9.17, 15) is 14.0 Å². The van der Waals surface area contributed by atoms with E-state index in [2.05, 4.69) is 10.1 Å². The number of halogens is 1. The molecular weight excluding hydrogens is 289 g/mol. The molecule has 0 unspecified atom stereocenters. The van der Waals surface area contributed by atoms with Crippen molar-refractivity contribution in [3.63, 3.8) is 0 Å². The van der Waals surface area contributed by atoms with Crippen LogP contribution in [-0.4, -0.2) is 31.1 Å².